The summed E-state index contributed by atoms with van der Waals surface area (Å²) in [6, 6.07) is 9.17. The third kappa shape index (κ3) is 3.78. The zero-order valence-electron chi connectivity index (χ0n) is 14.0. The molecule has 1 saturated carbocycles. The van der Waals surface area contributed by atoms with Gasteiger partial charge in [-0.2, -0.15) is 0 Å². The van der Waals surface area contributed by atoms with Crippen LogP contribution in [0.4, 0.5) is 0 Å². The van der Waals surface area contributed by atoms with Gasteiger partial charge < -0.3 is 15.3 Å². The predicted octanol–water partition coefficient (Wildman–Crippen LogP) is 1.96. The van der Waals surface area contributed by atoms with Gasteiger partial charge in [-0.15, -0.1) is 0 Å². The largest absolute Gasteiger partial charge is 0.392 e. The lowest BCUT2D eigenvalue weighted by Crippen LogP contribution is -2.52. The van der Waals surface area contributed by atoms with Crippen molar-refractivity contribution in [3.8, 4) is 0 Å². The Balaban J connectivity index is 1.60. The highest BCUT2D eigenvalue weighted by atomic mass is 16.3. The molecule has 24 heavy (non-hydrogen) atoms. The Bertz CT molecular complexity index is 575. The van der Waals surface area contributed by atoms with Gasteiger partial charge in [0.15, 0.2) is 0 Å². The highest BCUT2D eigenvalue weighted by molar-refractivity contribution is 5.94. The molecule has 0 bridgehead atoms. The Morgan fingerprint density at radius 1 is 1.08 bits per heavy atom. The van der Waals surface area contributed by atoms with E-state index >= 15 is 0 Å². The first kappa shape index (κ1) is 17.0. The van der Waals surface area contributed by atoms with Crippen molar-refractivity contribution >= 4 is 11.8 Å². The van der Waals surface area contributed by atoms with Crippen molar-refractivity contribution in [3.05, 3.63) is 35.9 Å². The molecule has 2 N–H and O–H groups in total. The summed E-state index contributed by atoms with van der Waals surface area (Å²) in [5.74, 6) is -0.288. The molecule has 2 amide bonds. The van der Waals surface area contributed by atoms with Crippen molar-refractivity contribution in [3.63, 3.8) is 0 Å². The molecule has 5 nitrogen and oxygen atoms in total. The summed E-state index contributed by atoms with van der Waals surface area (Å²) >= 11 is 0. The van der Waals surface area contributed by atoms with Crippen LogP contribution in [-0.2, 0) is 4.79 Å². The van der Waals surface area contributed by atoms with Gasteiger partial charge in [0.05, 0.1) is 12.0 Å². The summed E-state index contributed by atoms with van der Waals surface area (Å²) < 4.78 is 0. The monoisotopic (exact) mass is 330 g/mol. The van der Waals surface area contributed by atoms with Crippen LogP contribution in [0.5, 0.6) is 0 Å². The minimum absolute atomic E-state index is 0.0340. The number of nitrogens with one attached hydrogen (secondary N) is 1. The van der Waals surface area contributed by atoms with E-state index in [1.54, 1.807) is 12.1 Å². The minimum atomic E-state index is -0.501. The van der Waals surface area contributed by atoms with Crippen LogP contribution in [0, 0.1) is 5.92 Å². The molecule has 1 aliphatic carbocycles. The van der Waals surface area contributed by atoms with Gasteiger partial charge in [-0.1, -0.05) is 18.2 Å². The van der Waals surface area contributed by atoms with Gasteiger partial charge in [0.1, 0.15) is 0 Å². The standard InChI is InChI=1S/C19H26N2O3/c22-17-11-6-10-16(17)19(24)21-12-5-4-9-15(21)13-20-18(23)14-7-2-1-3-8-14/h1-3,7-8,15-17,22H,4-6,9-13H2,(H,20,23). The van der Waals surface area contributed by atoms with Gasteiger partial charge in [-0.3, -0.25) is 9.59 Å². The van der Waals surface area contributed by atoms with E-state index in [4.69, 9.17) is 0 Å². The van der Waals surface area contributed by atoms with E-state index in [0.717, 1.165) is 45.1 Å². The van der Waals surface area contributed by atoms with Crippen LogP contribution in [-0.4, -0.2) is 47.1 Å². The predicted molar refractivity (Wildman–Crippen MR) is 91.5 cm³/mol. The second-order valence-corrected chi connectivity index (χ2v) is 6.86. The van der Waals surface area contributed by atoms with Crippen LogP contribution in [0.1, 0.15) is 48.9 Å². The number of carbonyl (C=O) groups excluding carboxylic acids is 2. The highest BCUT2D eigenvalue weighted by Crippen LogP contribution is 2.29. The summed E-state index contributed by atoms with van der Waals surface area (Å²) in [5.41, 5.74) is 0.636. The van der Waals surface area contributed by atoms with Gasteiger partial charge in [-0.25, -0.2) is 0 Å². The zero-order valence-corrected chi connectivity index (χ0v) is 14.0. The topological polar surface area (TPSA) is 69.6 Å². The fourth-order valence-corrected chi connectivity index (χ4v) is 3.85. The van der Waals surface area contributed by atoms with Crippen LogP contribution in [0.15, 0.2) is 30.3 Å². The molecule has 0 radical (unpaired) electrons. The molecule has 5 heteroatoms. The van der Waals surface area contributed by atoms with Crippen molar-refractivity contribution < 1.29 is 14.7 Å². The minimum Gasteiger partial charge on any atom is -0.392 e. The molecule has 0 aromatic heterocycles. The second-order valence-electron chi connectivity index (χ2n) is 6.86. The Hall–Kier alpha value is -1.88. The average Bonchev–Trinajstić information content (AvgIpc) is 3.06. The fourth-order valence-electron chi connectivity index (χ4n) is 3.85. The van der Waals surface area contributed by atoms with E-state index in [0.29, 0.717) is 12.1 Å². The average molecular weight is 330 g/mol. The summed E-state index contributed by atoms with van der Waals surface area (Å²) in [6.07, 6.45) is 4.89. The molecule has 0 spiro atoms. The number of aliphatic hydroxyl groups excluding tert-OH is 1. The van der Waals surface area contributed by atoms with E-state index in [9.17, 15) is 14.7 Å². The van der Waals surface area contributed by atoms with Crippen LogP contribution in [0.3, 0.4) is 0 Å². The molecule has 1 aromatic rings. The molecule has 2 fully saturated rings. The van der Waals surface area contributed by atoms with Gasteiger partial charge in [0.25, 0.3) is 5.91 Å². The Morgan fingerprint density at radius 2 is 1.88 bits per heavy atom. The van der Waals surface area contributed by atoms with Crippen molar-refractivity contribution in [1.29, 1.82) is 0 Å². The number of hydrogen-bond donors (Lipinski definition) is 2. The first-order valence-corrected chi connectivity index (χ1v) is 8.98. The molecule has 3 atom stereocenters. The number of nitrogens with zero attached hydrogens (tertiary/aromatic N) is 1. The number of aliphatic hydroxyl groups is 1. The molecule has 2 aliphatic rings. The SMILES string of the molecule is O=C(NCC1CCCCN1C(=O)C1CCCC1O)c1ccccc1. The van der Waals surface area contributed by atoms with Gasteiger partial charge in [0, 0.05) is 24.7 Å². The smallest absolute Gasteiger partial charge is 0.251 e. The summed E-state index contributed by atoms with van der Waals surface area (Å²) in [4.78, 5) is 26.9. The number of likely N-dealkylation sites (tertiary alicyclic amines) is 1. The maximum atomic E-state index is 12.8. The van der Waals surface area contributed by atoms with Crippen molar-refractivity contribution in [1.82, 2.24) is 10.2 Å². The van der Waals surface area contributed by atoms with Gasteiger partial charge in [-0.05, 0) is 50.7 Å². The number of amides is 2. The highest BCUT2D eigenvalue weighted by Gasteiger charge is 2.37. The van der Waals surface area contributed by atoms with Crippen LogP contribution in [0.2, 0.25) is 0 Å². The van der Waals surface area contributed by atoms with E-state index in [-0.39, 0.29) is 23.8 Å². The van der Waals surface area contributed by atoms with E-state index in [1.165, 1.54) is 0 Å². The Labute approximate surface area is 143 Å². The summed E-state index contributed by atoms with van der Waals surface area (Å²) in [7, 11) is 0. The zero-order chi connectivity index (χ0) is 16.9. The van der Waals surface area contributed by atoms with Crippen LogP contribution in [0.25, 0.3) is 0 Å². The molecular formula is C19H26N2O3. The lowest BCUT2D eigenvalue weighted by atomic mass is 9.97. The third-order valence-corrected chi connectivity index (χ3v) is 5.24. The number of rotatable bonds is 4. The number of piperidine rings is 1. The summed E-state index contributed by atoms with van der Waals surface area (Å²) in [6.45, 7) is 1.20. The number of hydrogen-bond acceptors (Lipinski definition) is 3. The Morgan fingerprint density at radius 3 is 2.58 bits per heavy atom. The molecule has 3 rings (SSSR count). The van der Waals surface area contributed by atoms with Crippen LogP contribution >= 0.6 is 0 Å². The molecular weight excluding hydrogens is 304 g/mol. The van der Waals surface area contributed by atoms with E-state index < -0.39 is 6.10 Å². The first-order valence-electron chi connectivity index (χ1n) is 8.98. The molecule has 3 unspecified atom stereocenters. The molecule has 1 heterocycles. The van der Waals surface area contributed by atoms with Crippen molar-refractivity contribution in [2.75, 3.05) is 13.1 Å². The first-order chi connectivity index (χ1) is 11.7. The number of benzene rings is 1. The lowest BCUT2D eigenvalue weighted by Gasteiger charge is -2.38. The maximum Gasteiger partial charge on any atom is 0.251 e. The van der Waals surface area contributed by atoms with E-state index in [1.807, 2.05) is 23.1 Å². The van der Waals surface area contributed by atoms with Crippen molar-refractivity contribution in [2.24, 2.45) is 5.92 Å². The van der Waals surface area contributed by atoms with Crippen LogP contribution < -0.4 is 5.32 Å². The maximum absolute atomic E-state index is 12.8. The van der Waals surface area contributed by atoms with E-state index in [2.05, 4.69) is 5.32 Å². The summed E-state index contributed by atoms with van der Waals surface area (Å²) in [5, 5.41) is 13.0. The lowest BCUT2D eigenvalue weighted by molar-refractivity contribution is -0.141. The van der Waals surface area contributed by atoms with Gasteiger partial charge in [0.2, 0.25) is 5.91 Å². The fraction of sp³-hybridized carbons (Fsp3) is 0.579. The van der Waals surface area contributed by atoms with Gasteiger partial charge >= 0.3 is 0 Å². The molecule has 1 aliphatic heterocycles. The molecule has 130 valence electrons. The van der Waals surface area contributed by atoms with Crippen molar-refractivity contribution in [2.45, 2.75) is 50.7 Å². The number of carbonyl (C=O) groups is 2. The molecule has 1 saturated heterocycles. The third-order valence-electron chi connectivity index (χ3n) is 5.24. The molecule has 1 aromatic carbocycles. The quantitative estimate of drug-likeness (QED) is 0.887. The normalized spacial score (nSPS) is 27.0. The second kappa shape index (κ2) is 7.79. The Kier molecular flexibility index (Phi) is 5.51.